The van der Waals surface area contributed by atoms with Crippen molar-refractivity contribution in [3.63, 3.8) is 0 Å². The average Bonchev–Trinajstić information content (AvgIpc) is 2.34. The number of rotatable bonds is 2. The van der Waals surface area contributed by atoms with Gasteiger partial charge in [-0.05, 0) is 31.5 Å². The van der Waals surface area contributed by atoms with Crippen molar-refractivity contribution < 1.29 is 4.79 Å². The van der Waals surface area contributed by atoms with Crippen LogP contribution >= 0.6 is 11.6 Å². The summed E-state index contributed by atoms with van der Waals surface area (Å²) < 4.78 is 1.55. The first-order valence-electron chi connectivity index (χ1n) is 5.36. The summed E-state index contributed by atoms with van der Waals surface area (Å²) in [5, 5.41) is 4.65. The minimum Gasteiger partial charge on any atom is -0.296 e. The van der Waals surface area contributed by atoms with Crippen LogP contribution in [0.3, 0.4) is 0 Å². The molecule has 0 unspecified atom stereocenters. The summed E-state index contributed by atoms with van der Waals surface area (Å²) >= 11 is 6.05. The summed E-state index contributed by atoms with van der Waals surface area (Å²) in [4.78, 5) is 22.2. The first kappa shape index (κ1) is 12.5. The van der Waals surface area contributed by atoms with Crippen LogP contribution in [0.1, 0.15) is 21.7 Å². The Hall–Kier alpha value is -1.94. The Morgan fingerprint density at radius 2 is 2.06 bits per heavy atom. The van der Waals surface area contributed by atoms with Crippen molar-refractivity contribution in [2.24, 2.45) is 0 Å². The molecule has 0 fully saturated rings. The predicted octanol–water partition coefficient (Wildman–Crippen LogP) is 2.32. The lowest BCUT2D eigenvalue weighted by atomic mass is 10.2. The molecule has 92 valence electrons. The van der Waals surface area contributed by atoms with Crippen LogP contribution in [0, 0.1) is 13.8 Å². The van der Waals surface area contributed by atoms with Gasteiger partial charge in [0.1, 0.15) is 0 Å². The van der Waals surface area contributed by atoms with Crippen LogP contribution in [0.4, 0.5) is 0 Å². The van der Waals surface area contributed by atoms with E-state index in [0.717, 1.165) is 11.3 Å². The molecule has 1 aromatic carbocycles. The quantitative estimate of drug-likeness (QED) is 0.781. The molecule has 0 N–H and O–H groups in total. The maximum absolute atomic E-state index is 11.5. The van der Waals surface area contributed by atoms with Gasteiger partial charge in [-0.1, -0.05) is 17.7 Å². The number of nitrogens with zero attached hydrogens (tertiary/aromatic N) is 2. The second kappa shape index (κ2) is 4.74. The highest BCUT2D eigenvalue weighted by atomic mass is 35.5. The van der Waals surface area contributed by atoms with Crippen LogP contribution in [-0.2, 0) is 0 Å². The predicted molar refractivity (Wildman–Crippen MR) is 69.7 cm³/mol. The molecule has 0 bridgehead atoms. The average molecular weight is 263 g/mol. The fourth-order valence-electron chi connectivity index (χ4n) is 1.71. The van der Waals surface area contributed by atoms with Gasteiger partial charge in [0.05, 0.1) is 5.69 Å². The smallest absolute Gasteiger partial charge is 0.211 e. The molecule has 4 nitrogen and oxygen atoms in total. The Balaban J connectivity index is 2.75. The molecule has 0 aliphatic carbocycles. The summed E-state index contributed by atoms with van der Waals surface area (Å²) in [6, 6.07) is 6.79. The molecular weight excluding hydrogens is 252 g/mol. The highest BCUT2D eigenvalue weighted by Crippen LogP contribution is 2.22. The first-order chi connectivity index (χ1) is 8.54. The van der Waals surface area contributed by atoms with Gasteiger partial charge in [0.25, 0.3) is 0 Å². The molecule has 2 aromatic rings. The molecule has 0 aliphatic heterocycles. The van der Waals surface area contributed by atoms with Crippen molar-refractivity contribution in [1.82, 2.24) is 9.78 Å². The molecule has 2 rings (SSSR count). The molecule has 0 atom stereocenters. The first-order valence-corrected chi connectivity index (χ1v) is 5.74. The molecule has 0 radical (unpaired) electrons. The summed E-state index contributed by atoms with van der Waals surface area (Å²) in [6.07, 6.45) is 0.457. The Morgan fingerprint density at radius 3 is 2.72 bits per heavy atom. The number of halogens is 1. The van der Waals surface area contributed by atoms with Crippen molar-refractivity contribution in [2.45, 2.75) is 13.8 Å². The van der Waals surface area contributed by atoms with E-state index in [9.17, 15) is 9.59 Å². The fraction of sp³-hybridized carbons (Fsp3) is 0.154. The summed E-state index contributed by atoms with van der Waals surface area (Å²) in [5.41, 5.74) is 1.76. The maximum Gasteiger partial charge on any atom is 0.211 e. The number of benzene rings is 1. The molecule has 0 amide bonds. The van der Waals surface area contributed by atoms with Crippen LogP contribution in [-0.4, -0.2) is 16.1 Å². The Bertz CT molecular complexity index is 677. The lowest BCUT2D eigenvalue weighted by Crippen LogP contribution is -2.18. The van der Waals surface area contributed by atoms with E-state index in [2.05, 4.69) is 5.10 Å². The van der Waals surface area contributed by atoms with Gasteiger partial charge >= 0.3 is 0 Å². The number of carbonyl (C=O) groups is 1. The third kappa shape index (κ3) is 2.07. The number of aromatic nitrogens is 2. The van der Waals surface area contributed by atoms with Crippen molar-refractivity contribution in [1.29, 1.82) is 0 Å². The largest absolute Gasteiger partial charge is 0.296 e. The van der Waals surface area contributed by atoms with Gasteiger partial charge in [0.2, 0.25) is 5.43 Å². The van der Waals surface area contributed by atoms with E-state index in [1.807, 2.05) is 13.0 Å². The van der Waals surface area contributed by atoms with Gasteiger partial charge in [-0.2, -0.15) is 5.10 Å². The van der Waals surface area contributed by atoms with E-state index in [1.165, 1.54) is 6.07 Å². The van der Waals surface area contributed by atoms with E-state index in [4.69, 9.17) is 11.6 Å². The number of aldehydes is 1. The van der Waals surface area contributed by atoms with Gasteiger partial charge in [0.15, 0.2) is 12.0 Å². The van der Waals surface area contributed by atoms with E-state index in [0.29, 0.717) is 17.0 Å². The number of hydrogen-bond acceptors (Lipinski definition) is 3. The van der Waals surface area contributed by atoms with Crippen LogP contribution in [0.15, 0.2) is 29.1 Å². The van der Waals surface area contributed by atoms with Gasteiger partial charge in [0, 0.05) is 16.8 Å². The summed E-state index contributed by atoms with van der Waals surface area (Å²) in [5.74, 6) is 0. The maximum atomic E-state index is 11.5. The van der Waals surface area contributed by atoms with Crippen molar-refractivity contribution >= 4 is 17.9 Å². The highest BCUT2D eigenvalue weighted by Gasteiger charge is 2.10. The topological polar surface area (TPSA) is 52.0 Å². The zero-order valence-corrected chi connectivity index (χ0v) is 10.7. The molecule has 0 saturated carbocycles. The minimum absolute atomic E-state index is 0.111. The zero-order valence-electron chi connectivity index (χ0n) is 9.98. The fourth-order valence-corrected chi connectivity index (χ4v) is 1.88. The standard InChI is InChI=1S/C13H11ClN2O2/c1-8-6-13(18)11(7-17)15-16(8)12-5-3-4-10(14)9(12)2/h3-7H,1-2H3. The molecule has 18 heavy (non-hydrogen) atoms. The van der Waals surface area contributed by atoms with E-state index >= 15 is 0 Å². The van der Waals surface area contributed by atoms with Gasteiger partial charge in [-0.25, -0.2) is 4.68 Å². The SMILES string of the molecule is Cc1c(Cl)cccc1-n1nc(C=O)c(=O)cc1C. The van der Waals surface area contributed by atoms with E-state index < -0.39 is 0 Å². The van der Waals surface area contributed by atoms with Crippen LogP contribution in [0.25, 0.3) is 5.69 Å². The second-order valence-electron chi connectivity index (χ2n) is 3.95. The Labute approximate surface area is 109 Å². The molecular formula is C13H11ClN2O2. The van der Waals surface area contributed by atoms with E-state index in [-0.39, 0.29) is 11.1 Å². The number of aryl methyl sites for hydroxylation is 1. The zero-order chi connectivity index (χ0) is 13.3. The Kier molecular flexibility index (Phi) is 3.30. The van der Waals surface area contributed by atoms with Gasteiger partial charge < -0.3 is 0 Å². The molecule has 0 spiro atoms. The summed E-state index contributed by atoms with van der Waals surface area (Å²) in [7, 11) is 0. The van der Waals surface area contributed by atoms with E-state index in [1.54, 1.807) is 23.7 Å². The molecule has 5 heteroatoms. The number of hydrogen-bond donors (Lipinski definition) is 0. The van der Waals surface area contributed by atoms with Crippen LogP contribution in [0.2, 0.25) is 5.02 Å². The third-order valence-corrected chi connectivity index (χ3v) is 3.12. The molecule has 1 heterocycles. The van der Waals surface area contributed by atoms with Crippen LogP contribution in [0.5, 0.6) is 0 Å². The minimum atomic E-state index is -0.376. The van der Waals surface area contributed by atoms with Gasteiger partial charge in [-0.15, -0.1) is 0 Å². The molecule has 1 aromatic heterocycles. The molecule has 0 saturated heterocycles. The lowest BCUT2D eigenvalue weighted by Gasteiger charge is -2.12. The normalized spacial score (nSPS) is 10.4. The van der Waals surface area contributed by atoms with Crippen molar-refractivity contribution in [3.8, 4) is 5.69 Å². The van der Waals surface area contributed by atoms with Crippen molar-refractivity contribution in [3.05, 3.63) is 56.5 Å². The number of carbonyl (C=O) groups excluding carboxylic acids is 1. The molecule has 0 aliphatic rings. The second-order valence-corrected chi connectivity index (χ2v) is 4.36. The van der Waals surface area contributed by atoms with Crippen molar-refractivity contribution in [2.75, 3.05) is 0 Å². The highest BCUT2D eigenvalue weighted by molar-refractivity contribution is 6.31. The lowest BCUT2D eigenvalue weighted by molar-refractivity contribution is 0.111. The Morgan fingerprint density at radius 1 is 1.33 bits per heavy atom. The third-order valence-electron chi connectivity index (χ3n) is 2.71. The van der Waals surface area contributed by atoms with Gasteiger partial charge in [-0.3, -0.25) is 9.59 Å². The van der Waals surface area contributed by atoms with Crippen LogP contribution < -0.4 is 5.43 Å². The summed E-state index contributed by atoms with van der Waals surface area (Å²) in [6.45, 7) is 3.61. The monoisotopic (exact) mass is 262 g/mol.